The van der Waals surface area contributed by atoms with Crippen molar-refractivity contribution in [3.05, 3.63) is 94.0 Å². The first-order chi connectivity index (χ1) is 14.5. The van der Waals surface area contributed by atoms with Crippen molar-refractivity contribution in [3.63, 3.8) is 0 Å². The van der Waals surface area contributed by atoms with Crippen molar-refractivity contribution in [2.75, 3.05) is 12.4 Å². The molecule has 0 aliphatic carbocycles. The van der Waals surface area contributed by atoms with E-state index in [1.54, 1.807) is 54.6 Å². The van der Waals surface area contributed by atoms with Crippen LogP contribution in [0.1, 0.15) is 26.5 Å². The molecule has 8 heteroatoms. The lowest BCUT2D eigenvalue weighted by Gasteiger charge is -2.12. The van der Waals surface area contributed by atoms with Crippen molar-refractivity contribution in [1.82, 2.24) is 5.32 Å². The summed E-state index contributed by atoms with van der Waals surface area (Å²) in [5, 5.41) is 5.27. The molecule has 0 fully saturated rings. The number of carbonyl (C=O) groups is 3. The van der Waals surface area contributed by atoms with Gasteiger partial charge in [0.2, 0.25) is 0 Å². The lowest BCUT2D eigenvalue weighted by molar-refractivity contribution is -0.113. The second-order valence-corrected chi connectivity index (χ2v) is 6.89. The summed E-state index contributed by atoms with van der Waals surface area (Å²) in [5.41, 5.74) is 0.977. The summed E-state index contributed by atoms with van der Waals surface area (Å²) in [5.74, 6) is -1.21. The van der Waals surface area contributed by atoms with Crippen LogP contribution in [0.3, 0.4) is 0 Å². The van der Waals surface area contributed by atoms with E-state index in [1.165, 1.54) is 25.5 Å². The highest BCUT2D eigenvalue weighted by molar-refractivity contribution is 9.10. The molecule has 0 aliphatic heterocycles. The monoisotopic (exact) mass is 468 g/mol. The Morgan fingerprint density at radius 2 is 1.83 bits per heavy atom. The molecule has 3 aromatic rings. The molecule has 0 bridgehead atoms. The van der Waals surface area contributed by atoms with Crippen LogP contribution >= 0.6 is 15.9 Å². The molecule has 0 unspecified atom stereocenters. The van der Waals surface area contributed by atoms with Gasteiger partial charge < -0.3 is 19.8 Å². The van der Waals surface area contributed by atoms with E-state index in [9.17, 15) is 14.4 Å². The number of halogens is 1. The Bertz CT molecular complexity index is 1110. The van der Waals surface area contributed by atoms with Crippen LogP contribution in [-0.4, -0.2) is 24.9 Å². The average molecular weight is 469 g/mol. The number of hydrogen-bond donors (Lipinski definition) is 2. The molecule has 0 spiro atoms. The van der Waals surface area contributed by atoms with Gasteiger partial charge in [-0.05, 0) is 58.4 Å². The van der Waals surface area contributed by atoms with Crippen molar-refractivity contribution in [2.24, 2.45) is 0 Å². The van der Waals surface area contributed by atoms with Gasteiger partial charge in [0.15, 0.2) is 0 Å². The fourth-order valence-corrected chi connectivity index (χ4v) is 3.01. The van der Waals surface area contributed by atoms with Crippen molar-refractivity contribution < 1.29 is 23.5 Å². The van der Waals surface area contributed by atoms with Gasteiger partial charge in [-0.25, -0.2) is 4.79 Å². The SMILES string of the molecule is COC(=O)c1cccc(NC(=O)C(=Cc2ccco2)NC(=O)c2ccccc2Br)c1. The highest BCUT2D eigenvalue weighted by Crippen LogP contribution is 2.18. The van der Waals surface area contributed by atoms with E-state index in [4.69, 9.17) is 4.42 Å². The molecule has 30 heavy (non-hydrogen) atoms. The standard InChI is InChI=1S/C22H17BrN2O5/c1-29-22(28)14-6-4-7-15(12-14)24-21(27)19(13-16-8-5-11-30-16)25-20(26)17-9-2-3-10-18(17)23/h2-13H,1H3,(H,24,27)(H,25,26). The fraction of sp³-hybridized carbons (Fsp3) is 0.0455. The van der Waals surface area contributed by atoms with Crippen LogP contribution in [0, 0.1) is 0 Å². The van der Waals surface area contributed by atoms with Gasteiger partial charge in [0.25, 0.3) is 11.8 Å². The first kappa shape index (κ1) is 21.1. The molecule has 152 valence electrons. The topological polar surface area (TPSA) is 97.6 Å². The molecule has 0 saturated heterocycles. The van der Waals surface area contributed by atoms with Gasteiger partial charge >= 0.3 is 5.97 Å². The van der Waals surface area contributed by atoms with Gasteiger partial charge in [0.1, 0.15) is 11.5 Å². The molecular formula is C22H17BrN2O5. The largest absolute Gasteiger partial charge is 0.465 e. The molecular weight excluding hydrogens is 452 g/mol. The Kier molecular flexibility index (Phi) is 6.82. The van der Waals surface area contributed by atoms with E-state index in [1.807, 2.05) is 0 Å². The first-order valence-electron chi connectivity index (χ1n) is 8.78. The maximum absolute atomic E-state index is 12.9. The van der Waals surface area contributed by atoms with Crippen LogP contribution in [0.2, 0.25) is 0 Å². The lowest BCUT2D eigenvalue weighted by atomic mass is 10.2. The third-order valence-electron chi connectivity index (χ3n) is 3.98. The van der Waals surface area contributed by atoms with Crippen molar-refractivity contribution >= 4 is 45.5 Å². The van der Waals surface area contributed by atoms with Crippen LogP contribution < -0.4 is 10.6 Å². The second-order valence-electron chi connectivity index (χ2n) is 6.03. The van der Waals surface area contributed by atoms with E-state index < -0.39 is 17.8 Å². The molecule has 3 rings (SSSR count). The van der Waals surface area contributed by atoms with E-state index in [-0.39, 0.29) is 11.3 Å². The summed E-state index contributed by atoms with van der Waals surface area (Å²) < 4.78 is 10.5. The van der Waals surface area contributed by atoms with Gasteiger partial charge in [0, 0.05) is 16.2 Å². The number of esters is 1. The van der Waals surface area contributed by atoms with Gasteiger partial charge in [-0.2, -0.15) is 0 Å². The third kappa shape index (κ3) is 5.24. The fourth-order valence-electron chi connectivity index (χ4n) is 2.55. The van der Waals surface area contributed by atoms with E-state index in [2.05, 4.69) is 31.3 Å². The van der Waals surface area contributed by atoms with Gasteiger partial charge in [-0.15, -0.1) is 0 Å². The first-order valence-corrected chi connectivity index (χ1v) is 9.58. The number of methoxy groups -OCH3 is 1. The maximum Gasteiger partial charge on any atom is 0.337 e. The molecule has 0 saturated carbocycles. The summed E-state index contributed by atoms with van der Waals surface area (Å²) >= 11 is 3.32. The number of benzene rings is 2. The second kappa shape index (κ2) is 9.71. The summed E-state index contributed by atoms with van der Waals surface area (Å²) in [6, 6.07) is 16.4. The predicted octanol–water partition coefficient (Wildman–Crippen LogP) is 4.24. The molecule has 2 aromatic carbocycles. The Morgan fingerprint density at radius 1 is 1.03 bits per heavy atom. The van der Waals surface area contributed by atoms with Crippen molar-refractivity contribution in [1.29, 1.82) is 0 Å². The van der Waals surface area contributed by atoms with Crippen LogP contribution in [0.15, 0.2) is 81.5 Å². The Morgan fingerprint density at radius 3 is 2.53 bits per heavy atom. The van der Waals surface area contributed by atoms with Crippen LogP contribution in [0.5, 0.6) is 0 Å². The Labute approximate surface area is 180 Å². The van der Waals surface area contributed by atoms with Crippen LogP contribution in [0.25, 0.3) is 6.08 Å². The van der Waals surface area contributed by atoms with Crippen LogP contribution in [0.4, 0.5) is 5.69 Å². The van der Waals surface area contributed by atoms with Crippen LogP contribution in [-0.2, 0) is 9.53 Å². The van der Waals surface area contributed by atoms with Gasteiger partial charge in [-0.1, -0.05) is 18.2 Å². The summed E-state index contributed by atoms with van der Waals surface area (Å²) in [6.07, 6.45) is 2.87. The highest BCUT2D eigenvalue weighted by atomic mass is 79.9. The zero-order chi connectivity index (χ0) is 21.5. The molecule has 0 aliphatic rings. The Balaban J connectivity index is 1.86. The molecule has 1 heterocycles. The Hall–Kier alpha value is -3.65. The van der Waals surface area contributed by atoms with E-state index >= 15 is 0 Å². The number of amides is 2. The van der Waals surface area contributed by atoms with E-state index in [0.717, 1.165) is 0 Å². The zero-order valence-electron chi connectivity index (χ0n) is 15.8. The average Bonchev–Trinajstić information content (AvgIpc) is 3.26. The van der Waals surface area contributed by atoms with Crippen molar-refractivity contribution in [2.45, 2.75) is 0 Å². The molecule has 0 radical (unpaired) electrons. The number of carbonyl (C=O) groups excluding carboxylic acids is 3. The molecule has 2 amide bonds. The van der Waals surface area contributed by atoms with Gasteiger partial charge in [0.05, 0.1) is 24.5 Å². The molecule has 1 aromatic heterocycles. The maximum atomic E-state index is 12.9. The number of nitrogens with one attached hydrogen (secondary N) is 2. The molecule has 7 nitrogen and oxygen atoms in total. The van der Waals surface area contributed by atoms with E-state index in [0.29, 0.717) is 21.5 Å². The lowest BCUT2D eigenvalue weighted by Crippen LogP contribution is -2.31. The quantitative estimate of drug-likeness (QED) is 0.416. The number of furan rings is 1. The number of ether oxygens (including phenoxy) is 1. The third-order valence-corrected chi connectivity index (χ3v) is 4.67. The number of anilines is 1. The number of rotatable bonds is 6. The summed E-state index contributed by atoms with van der Waals surface area (Å²) in [6.45, 7) is 0. The predicted molar refractivity (Wildman–Crippen MR) is 115 cm³/mol. The number of hydrogen-bond acceptors (Lipinski definition) is 5. The molecule has 0 atom stereocenters. The minimum atomic E-state index is -0.589. The van der Waals surface area contributed by atoms with Crippen molar-refractivity contribution in [3.8, 4) is 0 Å². The minimum absolute atomic E-state index is 0.0332. The summed E-state index contributed by atoms with van der Waals surface area (Å²) in [4.78, 5) is 37.3. The molecule has 2 N–H and O–H groups in total. The normalized spacial score (nSPS) is 10.9. The zero-order valence-corrected chi connectivity index (χ0v) is 17.4. The minimum Gasteiger partial charge on any atom is -0.465 e. The highest BCUT2D eigenvalue weighted by Gasteiger charge is 2.17. The smallest absolute Gasteiger partial charge is 0.337 e. The summed E-state index contributed by atoms with van der Waals surface area (Å²) in [7, 11) is 1.27. The van der Waals surface area contributed by atoms with Gasteiger partial charge in [-0.3, -0.25) is 9.59 Å².